The molecule has 0 heterocycles. The summed E-state index contributed by atoms with van der Waals surface area (Å²) in [5, 5.41) is 5.12. The molecule has 5 heteroatoms. The minimum atomic E-state index is -0.684. The first-order valence-electron chi connectivity index (χ1n) is 5.31. The average molecular weight is 227 g/mol. The molecule has 16 heavy (non-hydrogen) atoms. The molecule has 1 unspecified atom stereocenters. The van der Waals surface area contributed by atoms with Crippen LogP contribution in [0.3, 0.4) is 0 Å². The third-order valence-corrected chi connectivity index (χ3v) is 1.90. The van der Waals surface area contributed by atoms with Gasteiger partial charge in [0, 0.05) is 6.54 Å². The molecule has 92 valence electrons. The molecule has 0 aliphatic heterocycles. The number of carbonyl (C=O) groups excluding carboxylic acids is 2. The van der Waals surface area contributed by atoms with Gasteiger partial charge in [-0.05, 0) is 19.3 Å². The van der Waals surface area contributed by atoms with E-state index in [4.69, 9.17) is 5.73 Å². The number of carbonyl (C=O) groups is 2. The summed E-state index contributed by atoms with van der Waals surface area (Å²) < 4.78 is 0. The van der Waals surface area contributed by atoms with Crippen molar-refractivity contribution >= 4 is 11.9 Å². The Morgan fingerprint density at radius 2 is 1.94 bits per heavy atom. The third kappa shape index (κ3) is 6.86. The van der Waals surface area contributed by atoms with Gasteiger partial charge in [-0.2, -0.15) is 0 Å². The van der Waals surface area contributed by atoms with Crippen molar-refractivity contribution < 1.29 is 9.59 Å². The monoisotopic (exact) mass is 227 g/mol. The Kier molecular flexibility index (Phi) is 6.22. The van der Waals surface area contributed by atoms with Gasteiger partial charge < -0.3 is 16.4 Å². The minimum Gasteiger partial charge on any atom is -0.352 e. The second-order valence-corrected chi connectivity index (χ2v) is 4.37. The van der Waals surface area contributed by atoms with Crippen molar-refractivity contribution in [3.05, 3.63) is 12.2 Å². The number of primary amides is 1. The summed E-state index contributed by atoms with van der Waals surface area (Å²) in [6.07, 6.45) is 0.560. The van der Waals surface area contributed by atoms with Crippen LogP contribution in [0.15, 0.2) is 12.2 Å². The molecule has 5 nitrogen and oxygen atoms in total. The summed E-state index contributed by atoms with van der Waals surface area (Å²) in [6, 6.07) is -1.26. The fourth-order valence-electron chi connectivity index (χ4n) is 1.24. The smallest absolute Gasteiger partial charge is 0.312 e. The van der Waals surface area contributed by atoms with Crippen molar-refractivity contribution in [2.75, 3.05) is 6.54 Å². The Balaban J connectivity index is 4.31. The van der Waals surface area contributed by atoms with Crippen molar-refractivity contribution in [3.8, 4) is 0 Å². The van der Waals surface area contributed by atoms with E-state index in [2.05, 4.69) is 17.2 Å². The summed E-state index contributed by atoms with van der Waals surface area (Å²) >= 11 is 0. The van der Waals surface area contributed by atoms with Crippen LogP contribution < -0.4 is 16.4 Å². The summed E-state index contributed by atoms with van der Waals surface area (Å²) in [4.78, 5) is 22.4. The number of hydrogen-bond acceptors (Lipinski definition) is 2. The second-order valence-electron chi connectivity index (χ2n) is 4.37. The number of rotatable bonds is 6. The summed E-state index contributed by atoms with van der Waals surface area (Å²) in [5.41, 5.74) is 5.87. The van der Waals surface area contributed by atoms with E-state index < -0.39 is 12.1 Å². The summed E-state index contributed by atoms with van der Waals surface area (Å²) in [5.74, 6) is 0.0722. The molecule has 0 radical (unpaired) electrons. The average Bonchev–Trinajstić information content (AvgIpc) is 2.11. The van der Waals surface area contributed by atoms with Crippen molar-refractivity contribution in [3.63, 3.8) is 0 Å². The maximum absolute atomic E-state index is 11.7. The molecule has 0 aromatic heterocycles. The van der Waals surface area contributed by atoms with Crippen LogP contribution in [0.4, 0.5) is 4.79 Å². The van der Waals surface area contributed by atoms with Crippen LogP contribution in [-0.2, 0) is 4.79 Å². The Morgan fingerprint density at radius 1 is 1.38 bits per heavy atom. The van der Waals surface area contributed by atoms with Gasteiger partial charge in [0.2, 0.25) is 5.91 Å². The Morgan fingerprint density at radius 3 is 2.31 bits per heavy atom. The molecule has 0 spiro atoms. The highest BCUT2D eigenvalue weighted by Gasteiger charge is 2.20. The zero-order chi connectivity index (χ0) is 12.7. The van der Waals surface area contributed by atoms with Crippen LogP contribution in [0.5, 0.6) is 0 Å². The lowest BCUT2D eigenvalue weighted by Crippen LogP contribution is -2.49. The molecule has 0 aliphatic carbocycles. The van der Waals surface area contributed by atoms with Gasteiger partial charge in [0.25, 0.3) is 0 Å². The van der Waals surface area contributed by atoms with Crippen LogP contribution in [-0.4, -0.2) is 24.5 Å². The Hall–Kier alpha value is -1.52. The van der Waals surface area contributed by atoms with E-state index in [0.717, 1.165) is 5.57 Å². The molecule has 3 amide bonds. The van der Waals surface area contributed by atoms with E-state index in [1.54, 1.807) is 0 Å². The van der Waals surface area contributed by atoms with E-state index in [-0.39, 0.29) is 5.91 Å². The summed E-state index contributed by atoms with van der Waals surface area (Å²) in [6.45, 7) is 9.86. The number of hydrogen-bond donors (Lipinski definition) is 3. The van der Waals surface area contributed by atoms with Crippen molar-refractivity contribution in [1.29, 1.82) is 0 Å². The molecule has 0 saturated heterocycles. The molecule has 0 saturated carbocycles. The van der Waals surface area contributed by atoms with Crippen molar-refractivity contribution in [1.82, 2.24) is 10.6 Å². The first-order valence-corrected chi connectivity index (χ1v) is 5.31. The Bertz CT molecular complexity index is 274. The quantitative estimate of drug-likeness (QED) is 0.585. The number of amides is 3. The first kappa shape index (κ1) is 14.5. The summed E-state index contributed by atoms with van der Waals surface area (Å²) in [7, 11) is 0. The lowest BCUT2D eigenvalue weighted by Gasteiger charge is -2.19. The van der Waals surface area contributed by atoms with E-state index in [1.165, 1.54) is 0 Å². The lowest BCUT2D eigenvalue weighted by atomic mass is 10.0. The molecular weight excluding hydrogens is 206 g/mol. The highest BCUT2D eigenvalue weighted by Crippen LogP contribution is 2.04. The van der Waals surface area contributed by atoms with E-state index in [1.807, 2.05) is 20.8 Å². The minimum absolute atomic E-state index is 0.226. The maximum Gasteiger partial charge on any atom is 0.312 e. The number of nitrogens with two attached hydrogens (primary N) is 1. The van der Waals surface area contributed by atoms with Gasteiger partial charge in [-0.3, -0.25) is 4.79 Å². The van der Waals surface area contributed by atoms with Crippen LogP contribution in [0.25, 0.3) is 0 Å². The largest absolute Gasteiger partial charge is 0.352 e. The van der Waals surface area contributed by atoms with Gasteiger partial charge >= 0.3 is 6.03 Å². The van der Waals surface area contributed by atoms with Gasteiger partial charge in [0.1, 0.15) is 6.04 Å². The van der Waals surface area contributed by atoms with Crippen LogP contribution >= 0.6 is 0 Å². The normalized spacial score (nSPS) is 12.0. The number of nitrogens with one attached hydrogen (secondary N) is 2. The molecule has 4 N–H and O–H groups in total. The molecule has 0 fully saturated rings. The molecule has 0 aromatic carbocycles. The highest BCUT2D eigenvalue weighted by atomic mass is 16.2. The zero-order valence-electron chi connectivity index (χ0n) is 10.2. The molecule has 1 atom stereocenters. The van der Waals surface area contributed by atoms with Gasteiger partial charge in [-0.25, -0.2) is 4.79 Å². The van der Waals surface area contributed by atoms with Crippen molar-refractivity contribution in [2.24, 2.45) is 11.7 Å². The highest BCUT2D eigenvalue weighted by molar-refractivity contribution is 5.86. The fraction of sp³-hybridized carbons (Fsp3) is 0.636. The number of urea groups is 1. The van der Waals surface area contributed by atoms with Crippen LogP contribution in [0.1, 0.15) is 27.2 Å². The van der Waals surface area contributed by atoms with E-state index in [9.17, 15) is 9.59 Å². The molecule has 0 bridgehead atoms. The van der Waals surface area contributed by atoms with Crippen LogP contribution in [0, 0.1) is 5.92 Å². The maximum atomic E-state index is 11.7. The van der Waals surface area contributed by atoms with Gasteiger partial charge in [0.15, 0.2) is 0 Å². The van der Waals surface area contributed by atoms with E-state index in [0.29, 0.717) is 18.9 Å². The topological polar surface area (TPSA) is 84.2 Å². The first-order chi connectivity index (χ1) is 7.32. The lowest BCUT2D eigenvalue weighted by molar-refractivity contribution is -0.123. The second kappa shape index (κ2) is 6.87. The van der Waals surface area contributed by atoms with Gasteiger partial charge in [-0.15, -0.1) is 0 Å². The Labute approximate surface area is 96.5 Å². The predicted octanol–water partition coefficient (Wildman–Crippen LogP) is 0.762. The molecule has 0 rings (SSSR count). The third-order valence-electron chi connectivity index (χ3n) is 1.90. The molecule has 0 aromatic rings. The standard InChI is InChI=1S/C11H21N3O2/c1-7(2)5-9(14-11(12)16)10(15)13-6-8(3)4/h7,9H,3,5-6H2,1-2,4H3,(H,13,15)(H3,12,14,16). The van der Waals surface area contributed by atoms with Gasteiger partial charge in [-0.1, -0.05) is 26.0 Å². The van der Waals surface area contributed by atoms with Gasteiger partial charge in [0.05, 0.1) is 0 Å². The zero-order valence-corrected chi connectivity index (χ0v) is 10.2. The fourth-order valence-corrected chi connectivity index (χ4v) is 1.24. The SMILES string of the molecule is C=C(C)CNC(=O)C(CC(C)C)NC(N)=O. The predicted molar refractivity (Wildman–Crippen MR) is 63.8 cm³/mol. The molecule has 0 aliphatic rings. The van der Waals surface area contributed by atoms with Crippen LogP contribution in [0.2, 0.25) is 0 Å². The van der Waals surface area contributed by atoms with E-state index >= 15 is 0 Å². The molecular formula is C11H21N3O2. The van der Waals surface area contributed by atoms with Crippen molar-refractivity contribution in [2.45, 2.75) is 33.2 Å².